The van der Waals surface area contributed by atoms with Crippen molar-refractivity contribution in [2.75, 3.05) is 19.8 Å². The summed E-state index contributed by atoms with van der Waals surface area (Å²) in [5, 5.41) is 8.67. The van der Waals surface area contributed by atoms with Crippen molar-refractivity contribution < 1.29 is 14.6 Å². The van der Waals surface area contributed by atoms with E-state index in [2.05, 4.69) is 6.92 Å². The van der Waals surface area contributed by atoms with Crippen molar-refractivity contribution in [2.45, 2.75) is 39.0 Å². The highest BCUT2D eigenvalue weighted by atomic mass is 16.5. The number of rotatable bonds is 10. The summed E-state index contributed by atoms with van der Waals surface area (Å²) in [5.41, 5.74) is 0. The number of aliphatic hydroxyl groups excluding tert-OH is 1. The molecule has 3 heteroatoms. The molecule has 1 aromatic carbocycles. The number of hydrogen-bond donors (Lipinski definition) is 1. The van der Waals surface area contributed by atoms with Gasteiger partial charge in [0, 0.05) is 12.7 Å². The Morgan fingerprint density at radius 3 is 2.11 bits per heavy atom. The van der Waals surface area contributed by atoms with Gasteiger partial charge in [-0.3, -0.25) is 0 Å². The minimum absolute atomic E-state index is 0.226. The van der Waals surface area contributed by atoms with Crippen molar-refractivity contribution >= 4 is 0 Å². The summed E-state index contributed by atoms with van der Waals surface area (Å²) in [6, 6.07) is 7.74. The van der Waals surface area contributed by atoms with Crippen LogP contribution in [0.2, 0.25) is 0 Å². The molecule has 0 aliphatic rings. The van der Waals surface area contributed by atoms with E-state index in [1.807, 2.05) is 24.3 Å². The summed E-state index contributed by atoms with van der Waals surface area (Å²) in [6.45, 7) is 3.81. The highest BCUT2D eigenvalue weighted by Crippen LogP contribution is 2.19. The van der Waals surface area contributed by atoms with Crippen LogP contribution >= 0.6 is 0 Å². The van der Waals surface area contributed by atoms with Crippen molar-refractivity contribution in [1.29, 1.82) is 0 Å². The van der Waals surface area contributed by atoms with Gasteiger partial charge < -0.3 is 14.6 Å². The lowest BCUT2D eigenvalue weighted by atomic mass is 10.2. The topological polar surface area (TPSA) is 38.7 Å². The highest BCUT2D eigenvalue weighted by molar-refractivity contribution is 5.32. The van der Waals surface area contributed by atoms with E-state index in [0.29, 0.717) is 6.61 Å². The molecule has 0 saturated heterocycles. The molecule has 0 atom stereocenters. The second-order valence-corrected chi connectivity index (χ2v) is 4.31. The van der Waals surface area contributed by atoms with Crippen molar-refractivity contribution in [1.82, 2.24) is 0 Å². The second kappa shape index (κ2) is 9.77. The molecule has 0 aliphatic heterocycles. The Bertz CT molecular complexity index is 285. The predicted octanol–water partition coefficient (Wildman–Crippen LogP) is 3.41. The molecule has 1 aromatic rings. The maximum atomic E-state index is 8.67. The molecule has 0 radical (unpaired) electrons. The highest BCUT2D eigenvalue weighted by Gasteiger charge is 1.98. The predicted molar refractivity (Wildman–Crippen MR) is 73.3 cm³/mol. The van der Waals surface area contributed by atoms with Crippen molar-refractivity contribution in [2.24, 2.45) is 0 Å². The van der Waals surface area contributed by atoms with Crippen molar-refractivity contribution in [3.05, 3.63) is 24.3 Å². The molecule has 0 amide bonds. The first kappa shape index (κ1) is 14.8. The molecule has 102 valence electrons. The van der Waals surface area contributed by atoms with Crippen LogP contribution in [-0.4, -0.2) is 24.9 Å². The monoisotopic (exact) mass is 252 g/mol. The second-order valence-electron chi connectivity index (χ2n) is 4.31. The summed E-state index contributed by atoms with van der Waals surface area (Å²) in [4.78, 5) is 0. The number of hydrogen-bond acceptors (Lipinski definition) is 3. The maximum Gasteiger partial charge on any atom is 0.122 e. The van der Waals surface area contributed by atoms with Gasteiger partial charge in [0.1, 0.15) is 11.5 Å². The fourth-order valence-electron chi connectivity index (χ4n) is 1.60. The van der Waals surface area contributed by atoms with E-state index in [4.69, 9.17) is 14.6 Å². The van der Waals surface area contributed by atoms with Crippen LogP contribution in [0.4, 0.5) is 0 Å². The van der Waals surface area contributed by atoms with Crippen LogP contribution in [0.3, 0.4) is 0 Å². The van der Waals surface area contributed by atoms with Crippen molar-refractivity contribution in [3.63, 3.8) is 0 Å². The van der Waals surface area contributed by atoms with Crippen LogP contribution < -0.4 is 9.47 Å². The lowest BCUT2D eigenvalue weighted by molar-refractivity contribution is 0.252. The molecular weight excluding hydrogens is 228 g/mol. The molecule has 0 aliphatic carbocycles. The van der Waals surface area contributed by atoms with Crippen LogP contribution in [-0.2, 0) is 0 Å². The van der Waals surface area contributed by atoms with Gasteiger partial charge >= 0.3 is 0 Å². The molecule has 0 fully saturated rings. The molecule has 1 rings (SSSR count). The molecule has 0 bridgehead atoms. The van der Waals surface area contributed by atoms with E-state index in [-0.39, 0.29) is 6.61 Å². The van der Waals surface area contributed by atoms with E-state index >= 15 is 0 Å². The number of unbranched alkanes of at least 4 members (excludes halogenated alkanes) is 3. The van der Waals surface area contributed by atoms with E-state index in [1.54, 1.807) is 0 Å². The molecule has 18 heavy (non-hydrogen) atoms. The first-order valence-electron chi connectivity index (χ1n) is 6.83. The molecule has 0 unspecified atom stereocenters. The average molecular weight is 252 g/mol. The third-order valence-electron chi connectivity index (χ3n) is 2.64. The maximum absolute atomic E-state index is 8.67. The Morgan fingerprint density at radius 2 is 1.56 bits per heavy atom. The van der Waals surface area contributed by atoms with Gasteiger partial charge in [-0.05, 0) is 31.4 Å². The number of aliphatic hydroxyl groups is 1. The summed E-state index contributed by atoms with van der Waals surface area (Å²) >= 11 is 0. The zero-order valence-electron chi connectivity index (χ0n) is 11.2. The van der Waals surface area contributed by atoms with Gasteiger partial charge in [0.2, 0.25) is 0 Å². The zero-order valence-corrected chi connectivity index (χ0v) is 11.2. The Labute approximate surface area is 110 Å². The fraction of sp³-hybridized carbons (Fsp3) is 0.600. The minimum Gasteiger partial charge on any atom is -0.493 e. The number of benzene rings is 1. The van der Waals surface area contributed by atoms with E-state index in [0.717, 1.165) is 37.4 Å². The van der Waals surface area contributed by atoms with Crippen LogP contribution in [0.25, 0.3) is 0 Å². The smallest absolute Gasteiger partial charge is 0.122 e. The Morgan fingerprint density at radius 1 is 0.944 bits per heavy atom. The molecular formula is C15H24O3. The first-order chi connectivity index (χ1) is 8.86. The van der Waals surface area contributed by atoms with E-state index in [1.165, 1.54) is 12.8 Å². The summed E-state index contributed by atoms with van der Waals surface area (Å²) < 4.78 is 11.2. The third-order valence-corrected chi connectivity index (χ3v) is 2.64. The van der Waals surface area contributed by atoms with E-state index in [9.17, 15) is 0 Å². The average Bonchev–Trinajstić information content (AvgIpc) is 2.40. The molecule has 0 saturated carbocycles. The normalized spacial score (nSPS) is 10.3. The zero-order chi connectivity index (χ0) is 13.1. The van der Waals surface area contributed by atoms with Gasteiger partial charge in [0.25, 0.3) is 0 Å². The number of ether oxygens (including phenoxy) is 2. The fourth-order valence-corrected chi connectivity index (χ4v) is 1.60. The van der Waals surface area contributed by atoms with Gasteiger partial charge in [-0.1, -0.05) is 25.8 Å². The van der Waals surface area contributed by atoms with Crippen LogP contribution in [0.5, 0.6) is 11.5 Å². The molecule has 0 aromatic heterocycles. The molecule has 1 N–H and O–H groups in total. The van der Waals surface area contributed by atoms with Gasteiger partial charge in [0.05, 0.1) is 13.2 Å². The largest absolute Gasteiger partial charge is 0.493 e. The van der Waals surface area contributed by atoms with Crippen LogP contribution in [0.15, 0.2) is 24.3 Å². The SMILES string of the molecule is CCCCCOc1cccc(OCCCCO)c1. The summed E-state index contributed by atoms with van der Waals surface area (Å²) in [5.74, 6) is 1.70. The standard InChI is InChI=1S/C15H24O3/c1-2-3-5-11-17-14-8-7-9-15(13-14)18-12-6-4-10-16/h7-9,13,16H,2-6,10-12H2,1H3. The van der Waals surface area contributed by atoms with Gasteiger partial charge in [-0.2, -0.15) is 0 Å². The summed E-state index contributed by atoms with van der Waals surface area (Å²) in [7, 11) is 0. The van der Waals surface area contributed by atoms with Crippen molar-refractivity contribution in [3.8, 4) is 11.5 Å². The molecule has 0 spiro atoms. The Hall–Kier alpha value is -1.22. The quantitative estimate of drug-likeness (QED) is 0.649. The van der Waals surface area contributed by atoms with Crippen LogP contribution in [0, 0.1) is 0 Å². The third kappa shape index (κ3) is 6.50. The Balaban J connectivity index is 2.27. The van der Waals surface area contributed by atoms with Gasteiger partial charge in [-0.25, -0.2) is 0 Å². The first-order valence-corrected chi connectivity index (χ1v) is 6.83. The molecule has 0 heterocycles. The lowest BCUT2D eigenvalue weighted by Gasteiger charge is -2.09. The lowest BCUT2D eigenvalue weighted by Crippen LogP contribution is -2.00. The van der Waals surface area contributed by atoms with Crippen LogP contribution in [0.1, 0.15) is 39.0 Å². The van der Waals surface area contributed by atoms with E-state index < -0.39 is 0 Å². The molecule has 3 nitrogen and oxygen atoms in total. The minimum atomic E-state index is 0.226. The summed E-state index contributed by atoms with van der Waals surface area (Å²) in [6.07, 6.45) is 5.16. The van der Waals surface area contributed by atoms with Gasteiger partial charge in [0.15, 0.2) is 0 Å². The Kier molecular flexibility index (Phi) is 8.06. The van der Waals surface area contributed by atoms with Gasteiger partial charge in [-0.15, -0.1) is 0 Å².